The molecule has 0 saturated carbocycles. The molecule has 4 aromatic rings. The number of fused-ring (bicyclic) bond motifs is 2. The second-order valence-corrected chi connectivity index (χ2v) is 9.90. The lowest BCUT2D eigenvalue weighted by Crippen LogP contribution is -2.45. The molecule has 0 aliphatic carbocycles. The Labute approximate surface area is 233 Å². The number of phenolic OH excluding ortho intramolecular Hbond substituents is 5. The molecule has 2 aliphatic rings. The molecule has 0 bridgehead atoms. The predicted octanol–water partition coefficient (Wildman–Crippen LogP) is 4.79. The number of methoxy groups -OCH3 is 1. The molecule has 0 saturated heterocycles. The van der Waals surface area contributed by atoms with Gasteiger partial charge in [0.25, 0.3) is 0 Å². The second-order valence-electron chi connectivity index (χ2n) is 9.90. The van der Waals surface area contributed by atoms with Crippen molar-refractivity contribution in [3.63, 3.8) is 0 Å². The molecule has 41 heavy (non-hydrogen) atoms. The number of ketones is 2. The minimum atomic E-state index is -1.30. The van der Waals surface area contributed by atoms with Crippen molar-refractivity contribution in [3.05, 3.63) is 95.1 Å². The van der Waals surface area contributed by atoms with Crippen molar-refractivity contribution in [2.24, 2.45) is 11.8 Å². The van der Waals surface area contributed by atoms with Gasteiger partial charge in [0.2, 0.25) is 0 Å². The van der Waals surface area contributed by atoms with Gasteiger partial charge in [-0.05, 0) is 35.4 Å². The summed E-state index contributed by atoms with van der Waals surface area (Å²) in [6.07, 6.45) is -2.23. The summed E-state index contributed by atoms with van der Waals surface area (Å²) in [6, 6.07) is 16.7. The predicted molar refractivity (Wildman–Crippen MR) is 143 cm³/mol. The zero-order valence-corrected chi connectivity index (χ0v) is 21.5. The summed E-state index contributed by atoms with van der Waals surface area (Å²) in [5, 5.41) is 51.4. The van der Waals surface area contributed by atoms with Crippen LogP contribution in [0.1, 0.15) is 44.1 Å². The Balaban J connectivity index is 1.58. The van der Waals surface area contributed by atoms with E-state index in [9.17, 15) is 35.1 Å². The van der Waals surface area contributed by atoms with Gasteiger partial charge in [-0.15, -0.1) is 0 Å². The molecule has 10 nitrogen and oxygen atoms in total. The first kappa shape index (κ1) is 25.9. The van der Waals surface area contributed by atoms with Gasteiger partial charge >= 0.3 is 0 Å². The summed E-state index contributed by atoms with van der Waals surface area (Å²) >= 11 is 0. The fraction of sp³-hybridized carbons (Fsp3) is 0.161. The van der Waals surface area contributed by atoms with Gasteiger partial charge in [0.15, 0.2) is 11.6 Å². The maximum Gasteiger partial charge on any atom is 0.178 e. The first-order chi connectivity index (χ1) is 19.7. The standard InChI is InChI=1S/C31H24O10/c1-39-19-12-21(36)25-23(13-19)41-31(15-4-8-17(33)9-5-15)27(29(25)38)26-28(37)24-20(35)10-18(34)11-22(24)40-30(26)14-2-6-16(32)7-3-14/h2-13,26-27,30-36H,1H3/t26-,27-,30-,31-/m1/s1. The average molecular weight is 557 g/mol. The topological polar surface area (TPSA) is 163 Å². The van der Waals surface area contributed by atoms with Crippen molar-refractivity contribution in [1.29, 1.82) is 0 Å². The zero-order valence-electron chi connectivity index (χ0n) is 21.5. The van der Waals surface area contributed by atoms with Crippen molar-refractivity contribution in [2.45, 2.75) is 12.2 Å². The van der Waals surface area contributed by atoms with E-state index in [-0.39, 0.29) is 45.6 Å². The smallest absolute Gasteiger partial charge is 0.178 e. The summed E-state index contributed by atoms with van der Waals surface area (Å²) in [5.41, 5.74) is 0.511. The van der Waals surface area contributed by atoms with E-state index in [2.05, 4.69) is 0 Å². The highest BCUT2D eigenvalue weighted by Crippen LogP contribution is 2.53. The Morgan fingerprint density at radius 3 is 1.49 bits per heavy atom. The average Bonchev–Trinajstić information content (AvgIpc) is 2.93. The van der Waals surface area contributed by atoms with Gasteiger partial charge in [0.05, 0.1) is 18.9 Å². The largest absolute Gasteiger partial charge is 0.508 e. The molecule has 10 heteroatoms. The molecular formula is C31H24O10. The molecule has 4 atom stereocenters. The van der Waals surface area contributed by atoms with Crippen molar-refractivity contribution >= 4 is 11.6 Å². The molecule has 6 rings (SSSR count). The molecule has 2 aliphatic heterocycles. The number of benzene rings is 4. The number of aromatic hydroxyl groups is 5. The van der Waals surface area contributed by atoms with Crippen LogP contribution in [0.15, 0.2) is 72.8 Å². The fourth-order valence-electron chi connectivity index (χ4n) is 5.57. The van der Waals surface area contributed by atoms with Crippen molar-refractivity contribution < 1.29 is 49.3 Å². The number of ether oxygens (including phenoxy) is 3. The van der Waals surface area contributed by atoms with Crippen LogP contribution in [0.2, 0.25) is 0 Å². The van der Waals surface area contributed by atoms with E-state index >= 15 is 0 Å². The van der Waals surface area contributed by atoms with Gasteiger partial charge in [0, 0.05) is 24.3 Å². The molecule has 0 radical (unpaired) electrons. The van der Waals surface area contributed by atoms with Crippen LogP contribution in [0.4, 0.5) is 0 Å². The fourth-order valence-corrected chi connectivity index (χ4v) is 5.57. The van der Waals surface area contributed by atoms with Crippen LogP contribution < -0.4 is 14.2 Å². The first-order valence-electron chi connectivity index (χ1n) is 12.6. The van der Waals surface area contributed by atoms with Crippen LogP contribution in [0, 0.1) is 11.8 Å². The van der Waals surface area contributed by atoms with E-state index in [1.165, 1.54) is 61.7 Å². The summed E-state index contributed by atoms with van der Waals surface area (Å²) in [5.74, 6) is -4.98. The third-order valence-electron chi connectivity index (χ3n) is 7.45. The number of carbonyl (C=O) groups is 2. The van der Waals surface area contributed by atoms with E-state index in [0.717, 1.165) is 6.07 Å². The van der Waals surface area contributed by atoms with Crippen molar-refractivity contribution in [3.8, 4) is 46.0 Å². The molecule has 5 N–H and O–H groups in total. The maximum absolute atomic E-state index is 14.3. The van der Waals surface area contributed by atoms with Crippen LogP contribution in [-0.2, 0) is 0 Å². The highest BCUT2D eigenvalue weighted by atomic mass is 16.5. The summed E-state index contributed by atoms with van der Waals surface area (Å²) in [4.78, 5) is 28.6. The van der Waals surface area contributed by atoms with Gasteiger partial charge in [-0.25, -0.2) is 0 Å². The molecule has 208 valence electrons. The van der Waals surface area contributed by atoms with Crippen molar-refractivity contribution in [1.82, 2.24) is 0 Å². The van der Waals surface area contributed by atoms with Crippen LogP contribution in [0.3, 0.4) is 0 Å². The SMILES string of the molecule is COc1cc(O)c2c(c1)O[C@H](c1ccc(O)cc1)[C@H]([C@@H]1C(=O)c3c(O)cc(O)cc3O[C@@H]1c1ccc(O)cc1)C2=O. The number of rotatable bonds is 4. The number of hydrogen-bond donors (Lipinski definition) is 5. The van der Waals surface area contributed by atoms with E-state index in [0.29, 0.717) is 11.1 Å². The highest BCUT2D eigenvalue weighted by molar-refractivity contribution is 6.11. The third kappa shape index (κ3) is 4.29. The monoisotopic (exact) mass is 556 g/mol. The lowest BCUT2D eigenvalue weighted by Gasteiger charge is -2.42. The first-order valence-corrected chi connectivity index (χ1v) is 12.6. The highest BCUT2D eigenvalue weighted by Gasteiger charge is 2.53. The van der Waals surface area contributed by atoms with Crippen LogP contribution in [0.25, 0.3) is 0 Å². The molecule has 0 unspecified atom stereocenters. The minimum Gasteiger partial charge on any atom is -0.508 e. The Kier molecular flexibility index (Phi) is 6.10. The summed E-state index contributed by atoms with van der Waals surface area (Å²) < 4.78 is 17.8. The van der Waals surface area contributed by atoms with Gasteiger partial charge < -0.3 is 39.7 Å². The quantitative estimate of drug-likeness (QED) is 0.236. The Hall–Kier alpha value is -5.38. The molecule has 0 aromatic heterocycles. The summed E-state index contributed by atoms with van der Waals surface area (Å²) in [6.45, 7) is 0. The Morgan fingerprint density at radius 1 is 0.585 bits per heavy atom. The summed E-state index contributed by atoms with van der Waals surface area (Å²) in [7, 11) is 1.40. The second kappa shape index (κ2) is 9.67. The normalized spacial score (nSPS) is 21.3. The van der Waals surface area contributed by atoms with E-state index < -0.39 is 47.1 Å². The van der Waals surface area contributed by atoms with Crippen LogP contribution >= 0.6 is 0 Å². The number of Topliss-reactive ketones (excluding diaryl/α,β-unsaturated/α-hetero) is 2. The van der Waals surface area contributed by atoms with Crippen LogP contribution in [0.5, 0.6) is 46.0 Å². The van der Waals surface area contributed by atoms with Gasteiger partial charge in [-0.1, -0.05) is 24.3 Å². The molecule has 2 heterocycles. The molecule has 4 aromatic carbocycles. The van der Waals surface area contributed by atoms with E-state index in [1.807, 2.05) is 0 Å². The van der Waals surface area contributed by atoms with Crippen LogP contribution in [-0.4, -0.2) is 44.2 Å². The third-order valence-corrected chi connectivity index (χ3v) is 7.45. The lowest BCUT2D eigenvalue weighted by molar-refractivity contribution is 0.0129. The molecule has 0 amide bonds. The van der Waals surface area contributed by atoms with Gasteiger partial charge in [0.1, 0.15) is 69.3 Å². The van der Waals surface area contributed by atoms with E-state index in [4.69, 9.17) is 14.2 Å². The van der Waals surface area contributed by atoms with Crippen molar-refractivity contribution in [2.75, 3.05) is 7.11 Å². The lowest BCUT2D eigenvalue weighted by atomic mass is 9.69. The molecule has 0 fully saturated rings. The number of phenols is 5. The van der Waals surface area contributed by atoms with E-state index in [1.54, 1.807) is 12.1 Å². The van der Waals surface area contributed by atoms with Gasteiger partial charge in [-0.3, -0.25) is 9.59 Å². The minimum absolute atomic E-state index is 0.0233. The number of carbonyl (C=O) groups excluding carboxylic acids is 2. The van der Waals surface area contributed by atoms with Gasteiger partial charge in [-0.2, -0.15) is 0 Å². The molecular weight excluding hydrogens is 532 g/mol. The maximum atomic E-state index is 14.3. The number of hydrogen-bond acceptors (Lipinski definition) is 10. The Bertz CT molecular complexity index is 1680. The zero-order chi connectivity index (χ0) is 29.0. The molecule has 0 spiro atoms. The Morgan fingerprint density at radius 2 is 1.02 bits per heavy atom.